The quantitative estimate of drug-likeness (QED) is 0.845. The SMILES string of the molecule is CC/C(=C\c1ccccc1)S(=O)(=O)c1ccccc1. The Morgan fingerprint density at radius 2 is 1.47 bits per heavy atom. The van der Waals surface area contributed by atoms with Gasteiger partial charge in [0.25, 0.3) is 0 Å². The summed E-state index contributed by atoms with van der Waals surface area (Å²) in [5.41, 5.74) is 0.902. The van der Waals surface area contributed by atoms with Crippen LogP contribution in [0.4, 0.5) is 0 Å². The van der Waals surface area contributed by atoms with Crippen LogP contribution in [0.15, 0.2) is 70.5 Å². The molecule has 0 heterocycles. The van der Waals surface area contributed by atoms with Crippen LogP contribution in [0, 0.1) is 0 Å². The Morgan fingerprint density at radius 3 is 2.00 bits per heavy atom. The molecule has 0 aliphatic carbocycles. The molecule has 2 rings (SSSR count). The molecule has 0 unspecified atom stereocenters. The molecular formula is C16H16O2S. The minimum Gasteiger partial charge on any atom is -0.219 e. The molecule has 2 aromatic rings. The third-order valence-electron chi connectivity index (χ3n) is 2.87. The summed E-state index contributed by atoms with van der Waals surface area (Å²) >= 11 is 0. The third-order valence-corrected chi connectivity index (χ3v) is 4.86. The average molecular weight is 272 g/mol. The first kappa shape index (κ1) is 13.6. The maximum atomic E-state index is 12.5. The Kier molecular flexibility index (Phi) is 4.17. The maximum absolute atomic E-state index is 12.5. The standard InChI is InChI=1S/C16H16O2S/c1-2-15(13-14-9-5-3-6-10-14)19(17,18)16-11-7-4-8-12-16/h3-13H,2H2,1H3/b15-13+. The fourth-order valence-electron chi connectivity index (χ4n) is 1.86. The van der Waals surface area contributed by atoms with Crippen molar-refractivity contribution >= 4 is 15.9 Å². The van der Waals surface area contributed by atoms with Gasteiger partial charge >= 0.3 is 0 Å². The van der Waals surface area contributed by atoms with Gasteiger partial charge < -0.3 is 0 Å². The highest BCUT2D eigenvalue weighted by Gasteiger charge is 2.18. The van der Waals surface area contributed by atoms with Crippen LogP contribution in [0.2, 0.25) is 0 Å². The number of allylic oxidation sites excluding steroid dienone is 1. The minimum atomic E-state index is -3.39. The van der Waals surface area contributed by atoms with Crippen LogP contribution in [0.3, 0.4) is 0 Å². The highest BCUT2D eigenvalue weighted by Crippen LogP contribution is 2.23. The Labute approximate surface area is 114 Å². The van der Waals surface area contributed by atoms with E-state index in [0.29, 0.717) is 16.2 Å². The van der Waals surface area contributed by atoms with Gasteiger partial charge in [0, 0.05) is 4.91 Å². The number of benzene rings is 2. The van der Waals surface area contributed by atoms with E-state index >= 15 is 0 Å². The molecule has 0 atom stereocenters. The molecule has 2 nitrogen and oxygen atoms in total. The van der Waals surface area contributed by atoms with E-state index in [-0.39, 0.29) is 0 Å². The van der Waals surface area contributed by atoms with Gasteiger partial charge in [-0.15, -0.1) is 0 Å². The van der Waals surface area contributed by atoms with Gasteiger partial charge in [-0.25, -0.2) is 8.42 Å². The molecule has 0 aliphatic heterocycles. The van der Waals surface area contributed by atoms with Crippen LogP contribution in [-0.4, -0.2) is 8.42 Å². The fourth-order valence-corrected chi connectivity index (χ4v) is 3.35. The molecule has 0 bridgehead atoms. The van der Waals surface area contributed by atoms with Crippen molar-refractivity contribution in [2.75, 3.05) is 0 Å². The predicted octanol–water partition coefficient (Wildman–Crippen LogP) is 3.91. The van der Waals surface area contributed by atoms with Gasteiger partial charge in [-0.3, -0.25) is 0 Å². The zero-order chi connectivity index (χ0) is 13.7. The lowest BCUT2D eigenvalue weighted by atomic mass is 10.2. The van der Waals surface area contributed by atoms with Gasteiger partial charge in [0.15, 0.2) is 0 Å². The van der Waals surface area contributed by atoms with Crippen molar-refractivity contribution in [2.24, 2.45) is 0 Å². The first-order chi connectivity index (χ1) is 9.14. The summed E-state index contributed by atoms with van der Waals surface area (Å²) in [6.07, 6.45) is 2.22. The van der Waals surface area contributed by atoms with Crippen molar-refractivity contribution in [1.29, 1.82) is 0 Å². The van der Waals surface area contributed by atoms with Gasteiger partial charge in [0.05, 0.1) is 4.90 Å². The van der Waals surface area contributed by atoms with E-state index in [1.165, 1.54) is 0 Å². The Hall–Kier alpha value is -1.87. The summed E-state index contributed by atoms with van der Waals surface area (Å²) in [4.78, 5) is 0.781. The molecule has 0 spiro atoms. The molecule has 0 aromatic heterocycles. The number of hydrogen-bond acceptors (Lipinski definition) is 2. The van der Waals surface area contributed by atoms with Gasteiger partial charge in [-0.1, -0.05) is 55.5 Å². The average Bonchev–Trinajstić information content (AvgIpc) is 2.46. The Balaban J connectivity index is 2.46. The summed E-state index contributed by atoms with van der Waals surface area (Å²) < 4.78 is 25.0. The Morgan fingerprint density at radius 1 is 0.947 bits per heavy atom. The molecule has 0 N–H and O–H groups in total. The lowest BCUT2D eigenvalue weighted by Crippen LogP contribution is -2.04. The highest BCUT2D eigenvalue weighted by molar-refractivity contribution is 7.95. The molecular weight excluding hydrogens is 256 g/mol. The molecule has 0 saturated heterocycles. The Bertz CT molecular complexity index is 656. The van der Waals surface area contributed by atoms with Crippen LogP contribution in [0.25, 0.3) is 6.08 Å². The van der Waals surface area contributed by atoms with E-state index in [1.54, 1.807) is 30.3 Å². The second kappa shape index (κ2) is 5.85. The van der Waals surface area contributed by atoms with Crippen LogP contribution in [0.1, 0.15) is 18.9 Å². The molecule has 0 amide bonds. The predicted molar refractivity (Wildman–Crippen MR) is 78.3 cm³/mol. The van der Waals surface area contributed by atoms with E-state index in [2.05, 4.69) is 0 Å². The third kappa shape index (κ3) is 3.12. The van der Waals surface area contributed by atoms with Crippen LogP contribution < -0.4 is 0 Å². The fraction of sp³-hybridized carbons (Fsp3) is 0.125. The maximum Gasteiger partial charge on any atom is 0.202 e. The smallest absolute Gasteiger partial charge is 0.202 e. The van der Waals surface area contributed by atoms with E-state index in [0.717, 1.165) is 5.56 Å². The summed E-state index contributed by atoms with van der Waals surface area (Å²) in [5.74, 6) is 0. The summed E-state index contributed by atoms with van der Waals surface area (Å²) in [6.45, 7) is 1.86. The second-order valence-electron chi connectivity index (χ2n) is 4.19. The second-order valence-corrected chi connectivity index (χ2v) is 6.19. The van der Waals surface area contributed by atoms with Crippen molar-refractivity contribution in [3.05, 3.63) is 71.1 Å². The molecule has 3 heteroatoms. The lowest BCUT2D eigenvalue weighted by Gasteiger charge is -2.07. The van der Waals surface area contributed by atoms with Crippen molar-refractivity contribution < 1.29 is 8.42 Å². The molecule has 0 radical (unpaired) electrons. The van der Waals surface area contributed by atoms with E-state index in [9.17, 15) is 8.42 Å². The van der Waals surface area contributed by atoms with Gasteiger partial charge in [-0.05, 0) is 30.2 Å². The highest BCUT2D eigenvalue weighted by atomic mass is 32.2. The first-order valence-electron chi connectivity index (χ1n) is 6.20. The summed E-state index contributed by atoms with van der Waals surface area (Å²) in [7, 11) is -3.39. The lowest BCUT2D eigenvalue weighted by molar-refractivity contribution is 0.601. The van der Waals surface area contributed by atoms with Gasteiger partial charge in [0.2, 0.25) is 9.84 Å². The van der Waals surface area contributed by atoms with Crippen LogP contribution in [0.5, 0.6) is 0 Å². The van der Waals surface area contributed by atoms with Crippen molar-refractivity contribution in [2.45, 2.75) is 18.2 Å². The van der Waals surface area contributed by atoms with E-state index in [1.807, 2.05) is 43.3 Å². The monoisotopic (exact) mass is 272 g/mol. The largest absolute Gasteiger partial charge is 0.219 e. The zero-order valence-corrected chi connectivity index (χ0v) is 11.6. The summed E-state index contributed by atoms with van der Waals surface area (Å²) in [5, 5.41) is 0. The number of sulfone groups is 1. The summed E-state index contributed by atoms with van der Waals surface area (Å²) in [6, 6.07) is 18.0. The van der Waals surface area contributed by atoms with Gasteiger partial charge in [-0.2, -0.15) is 0 Å². The normalized spacial score (nSPS) is 12.4. The van der Waals surface area contributed by atoms with E-state index in [4.69, 9.17) is 0 Å². The number of hydrogen-bond donors (Lipinski definition) is 0. The zero-order valence-electron chi connectivity index (χ0n) is 10.8. The molecule has 0 fully saturated rings. The number of rotatable bonds is 4. The minimum absolute atomic E-state index is 0.346. The van der Waals surface area contributed by atoms with Crippen molar-refractivity contribution in [3.8, 4) is 0 Å². The van der Waals surface area contributed by atoms with Crippen LogP contribution in [-0.2, 0) is 9.84 Å². The molecule has 0 saturated carbocycles. The molecule has 2 aromatic carbocycles. The molecule has 19 heavy (non-hydrogen) atoms. The molecule has 0 aliphatic rings. The van der Waals surface area contributed by atoms with Crippen molar-refractivity contribution in [1.82, 2.24) is 0 Å². The van der Waals surface area contributed by atoms with E-state index < -0.39 is 9.84 Å². The van der Waals surface area contributed by atoms with Crippen molar-refractivity contribution in [3.63, 3.8) is 0 Å². The van der Waals surface area contributed by atoms with Gasteiger partial charge in [0.1, 0.15) is 0 Å². The molecule has 98 valence electrons. The first-order valence-corrected chi connectivity index (χ1v) is 7.68. The van der Waals surface area contributed by atoms with Crippen LogP contribution >= 0.6 is 0 Å². The topological polar surface area (TPSA) is 34.1 Å².